The summed E-state index contributed by atoms with van der Waals surface area (Å²) in [5, 5.41) is 17.3. The molecule has 3 heterocycles. The number of dihydropyridines is 1. The van der Waals surface area contributed by atoms with Crippen molar-refractivity contribution in [2.24, 2.45) is 5.92 Å². The molecule has 3 aromatic rings. The van der Waals surface area contributed by atoms with Gasteiger partial charge in [0.05, 0.1) is 29.4 Å². The first-order chi connectivity index (χ1) is 16.5. The molecule has 1 aromatic carbocycles. The average molecular weight is 524 g/mol. The summed E-state index contributed by atoms with van der Waals surface area (Å²) >= 11 is 3.62. The van der Waals surface area contributed by atoms with Crippen LogP contribution in [0.15, 0.2) is 47.1 Å². The lowest BCUT2D eigenvalue weighted by molar-refractivity contribution is -0.142. The molecule has 9 heteroatoms. The molecule has 1 aliphatic carbocycles. The predicted octanol–water partition coefficient (Wildman–Crippen LogP) is 4.47. The van der Waals surface area contributed by atoms with Crippen LogP contribution in [0.25, 0.3) is 16.9 Å². The molecule has 2 aromatic heterocycles. The number of ether oxygens (including phenoxy) is 1. The van der Waals surface area contributed by atoms with Gasteiger partial charge in [0.15, 0.2) is 5.65 Å². The number of nitrogens with zero attached hydrogens (tertiary/aromatic N) is 3. The quantitative estimate of drug-likeness (QED) is 0.451. The molecule has 4 N–H and O–H groups in total. The van der Waals surface area contributed by atoms with Gasteiger partial charge in [0.25, 0.3) is 0 Å². The van der Waals surface area contributed by atoms with Crippen molar-refractivity contribution in [3.8, 4) is 5.75 Å². The summed E-state index contributed by atoms with van der Waals surface area (Å²) in [6, 6.07) is 7.93. The number of aromatic nitrogens is 3. The van der Waals surface area contributed by atoms with Gasteiger partial charge in [-0.1, -0.05) is 18.2 Å². The molecule has 0 spiro atoms. The number of carbonyl (C=O) groups is 1. The van der Waals surface area contributed by atoms with E-state index < -0.39 is 5.97 Å². The first-order valence-electron chi connectivity index (χ1n) is 11.3. The van der Waals surface area contributed by atoms with Gasteiger partial charge in [0, 0.05) is 29.3 Å². The maximum absolute atomic E-state index is 11.3. The summed E-state index contributed by atoms with van der Waals surface area (Å²) in [5.41, 5.74) is 12.1. The first kappa shape index (κ1) is 22.5. The van der Waals surface area contributed by atoms with Crippen molar-refractivity contribution >= 4 is 44.6 Å². The molecule has 1 fully saturated rings. The summed E-state index contributed by atoms with van der Waals surface area (Å²) in [7, 11) is 1.66. The van der Waals surface area contributed by atoms with Crippen LogP contribution in [0, 0.1) is 5.92 Å². The third kappa shape index (κ3) is 4.04. The Balaban J connectivity index is 1.47. The lowest BCUT2D eigenvalue weighted by atomic mass is 9.80. The number of hydrogen-bond acceptors (Lipinski definition) is 6. The summed E-state index contributed by atoms with van der Waals surface area (Å²) in [5.74, 6) is 0.497. The van der Waals surface area contributed by atoms with E-state index in [1.807, 2.05) is 30.3 Å². The van der Waals surface area contributed by atoms with Gasteiger partial charge >= 0.3 is 5.97 Å². The highest BCUT2D eigenvalue weighted by Crippen LogP contribution is 2.40. The highest BCUT2D eigenvalue weighted by Gasteiger charge is 2.30. The zero-order valence-corrected chi connectivity index (χ0v) is 20.4. The number of carboxylic acid groups (broad SMARTS) is 1. The number of hydrogen-bond donors (Lipinski definition) is 3. The Hall–Kier alpha value is -3.33. The van der Waals surface area contributed by atoms with Gasteiger partial charge in [0.2, 0.25) is 0 Å². The lowest BCUT2D eigenvalue weighted by Gasteiger charge is -2.26. The minimum Gasteiger partial charge on any atom is -0.497 e. The normalized spacial score (nSPS) is 20.4. The third-order valence-electron chi connectivity index (χ3n) is 6.76. The van der Waals surface area contributed by atoms with Crippen LogP contribution < -0.4 is 15.8 Å². The third-order valence-corrected chi connectivity index (χ3v) is 7.57. The molecule has 1 saturated carbocycles. The van der Waals surface area contributed by atoms with Crippen molar-refractivity contribution in [2.45, 2.75) is 31.6 Å². The summed E-state index contributed by atoms with van der Waals surface area (Å²) in [6.07, 6.45) is 8.79. The summed E-state index contributed by atoms with van der Waals surface area (Å²) < 4.78 is 7.74. The van der Waals surface area contributed by atoms with Gasteiger partial charge in [-0.2, -0.15) is 9.61 Å². The van der Waals surface area contributed by atoms with Crippen molar-refractivity contribution in [3.63, 3.8) is 0 Å². The molecule has 0 unspecified atom stereocenters. The number of halogens is 1. The highest BCUT2D eigenvalue weighted by atomic mass is 79.9. The van der Waals surface area contributed by atoms with Crippen molar-refractivity contribution in [3.05, 3.63) is 63.9 Å². The minimum atomic E-state index is -0.711. The molecule has 176 valence electrons. The van der Waals surface area contributed by atoms with E-state index in [9.17, 15) is 9.90 Å². The molecule has 0 saturated heterocycles. The van der Waals surface area contributed by atoms with Gasteiger partial charge in [-0.3, -0.25) is 4.79 Å². The topological polar surface area (TPSA) is 115 Å². The van der Waals surface area contributed by atoms with Crippen LogP contribution >= 0.6 is 15.9 Å². The van der Waals surface area contributed by atoms with Crippen LogP contribution in [0.1, 0.15) is 48.4 Å². The van der Waals surface area contributed by atoms with Crippen LogP contribution in [0.4, 0.5) is 5.82 Å². The van der Waals surface area contributed by atoms with Crippen LogP contribution in [0.3, 0.4) is 0 Å². The second-order valence-corrected chi connectivity index (χ2v) is 9.53. The number of anilines is 1. The molecule has 2 aliphatic rings. The Bertz CT molecular complexity index is 1320. The van der Waals surface area contributed by atoms with Crippen LogP contribution in [0.2, 0.25) is 0 Å². The zero-order chi connectivity index (χ0) is 23.8. The summed E-state index contributed by atoms with van der Waals surface area (Å²) in [6.45, 7) is 0.626. The Morgan fingerprint density at radius 3 is 2.74 bits per heavy atom. The molecule has 34 heavy (non-hydrogen) atoms. The highest BCUT2D eigenvalue weighted by molar-refractivity contribution is 9.10. The van der Waals surface area contributed by atoms with E-state index in [0.717, 1.165) is 51.2 Å². The van der Waals surface area contributed by atoms with Crippen LogP contribution in [0.5, 0.6) is 5.75 Å². The number of aliphatic carboxylic acids is 1. The van der Waals surface area contributed by atoms with Crippen LogP contribution in [-0.2, 0) is 4.79 Å². The maximum Gasteiger partial charge on any atom is 0.306 e. The van der Waals surface area contributed by atoms with Gasteiger partial charge in [0.1, 0.15) is 11.6 Å². The van der Waals surface area contributed by atoms with Gasteiger partial charge < -0.3 is 20.9 Å². The molecule has 1 aliphatic heterocycles. The SMILES string of the molecule is COc1cccc(C2=CC=C(c3cnn4c(N)c(Br)c(C5CCC(C(=O)O)CC5)nc34)CN2)c1. The van der Waals surface area contributed by atoms with E-state index in [4.69, 9.17) is 15.5 Å². The molecular weight excluding hydrogens is 498 g/mol. The first-order valence-corrected chi connectivity index (χ1v) is 12.1. The average Bonchev–Trinajstić information content (AvgIpc) is 3.30. The number of nitrogens with two attached hydrogens (primary N) is 1. The molecular formula is C25H26BrN5O3. The van der Waals surface area contributed by atoms with Gasteiger partial charge in [-0.05, 0) is 65.4 Å². The fourth-order valence-corrected chi connectivity index (χ4v) is 5.37. The molecule has 0 amide bonds. The van der Waals surface area contributed by atoms with Gasteiger partial charge in [-0.25, -0.2) is 4.98 Å². The number of nitrogen functional groups attached to an aromatic ring is 1. The number of allylic oxidation sites excluding steroid dienone is 2. The fourth-order valence-electron chi connectivity index (χ4n) is 4.79. The van der Waals surface area contributed by atoms with Crippen LogP contribution in [-0.4, -0.2) is 39.3 Å². The Morgan fingerprint density at radius 1 is 1.26 bits per heavy atom. The van der Waals surface area contributed by atoms with Crippen molar-refractivity contribution in [1.29, 1.82) is 0 Å². The molecule has 0 bridgehead atoms. The smallest absolute Gasteiger partial charge is 0.306 e. The molecule has 0 radical (unpaired) electrons. The van der Waals surface area contributed by atoms with E-state index in [0.29, 0.717) is 30.9 Å². The zero-order valence-electron chi connectivity index (χ0n) is 18.8. The Morgan fingerprint density at radius 2 is 2.06 bits per heavy atom. The number of nitrogens with one attached hydrogen (secondary N) is 1. The van der Waals surface area contributed by atoms with Crippen molar-refractivity contribution in [2.75, 3.05) is 19.4 Å². The maximum atomic E-state index is 11.3. The number of benzene rings is 1. The lowest BCUT2D eigenvalue weighted by Crippen LogP contribution is -2.22. The van der Waals surface area contributed by atoms with E-state index in [2.05, 4.69) is 32.4 Å². The Kier molecular flexibility index (Phi) is 6.03. The molecule has 8 nitrogen and oxygen atoms in total. The van der Waals surface area contributed by atoms with E-state index in [1.165, 1.54) is 0 Å². The largest absolute Gasteiger partial charge is 0.497 e. The number of fused-ring (bicyclic) bond motifs is 1. The fraction of sp³-hybridized carbons (Fsp3) is 0.320. The number of methoxy groups -OCH3 is 1. The van der Waals surface area contributed by atoms with Gasteiger partial charge in [-0.15, -0.1) is 0 Å². The second kappa shape index (κ2) is 9.13. The van der Waals surface area contributed by atoms with E-state index in [1.54, 1.807) is 17.8 Å². The Labute approximate surface area is 205 Å². The standard InChI is InChI=1S/C25H26BrN5O3/c1-34-18-4-2-3-16(11-18)20-10-9-17(12-28-20)19-13-29-31-23(27)21(26)22(30-24(19)31)14-5-7-15(8-6-14)25(32)33/h2-4,9-11,13-15,28H,5-8,12,27H2,1H3,(H,32,33). The monoisotopic (exact) mass is 523 g/mol. The number of carboxylic acids is 1. The predicted molar refractivity (Wildman–Crippen MR) is 134 cm³/mol. The molecule has 5 rings (SSSR count). The van der Waals surface area contributed by atoms with Crippen molar-refractivity contribution < 1.29 is 14.6 Å². The second-order valence-electron chi connectivity index (χ2n) is 8.73. The van der Waals surface area contributed by atoms with Crippen molar-refractivity contribution in [1.82, 2.24) is 19.9 Å². The van der Waals surface area contributed by atoms with E-state index >= 15 is 0 Å². The number of rotatable bonds is 5. The van der Waals surface area contributed by atoms with E-state index in [-0.39, 0.29) is 11.8 Å². The summed E-state index contributed by atoms with van der Waals surface area (Å²) in [4.78, 5) is 16.3. The molecule has 0 atom stereocenters. The minimum absolute atomic E-state index is 0.165.